The molecule has 0 radical (unpaired) electrons. The van der Waals surface area contributed by atoms with Crippen molar-refractivity contribution in [1.29, 1.82) is 0 Å². The Balaban J connectivity index is 2.01. The van der Waals surface area contributed by atoms with E-state index >= 15 is 0 Å². The summed E-state index contributed by atoms with van der Waals surface area (Å²) in [4.78, 5) is 0. The van der Waals surface area contributed by atoms with Crippen molar-refractivity contribution < 1.29 is 8.78 Å². The lowest BCUT2D eigenvalue weighted by Gasteiger charge is -2.33. The van der Waals surface area contributed by atoms with Gasteiger partial charge in [0.25, 0.3) is 0 Å². The molecule has 3 heteroatoms. The van der Waals surface area contributed by atoms with Gasteiger partial charge in [-0.2, -0.15) is 0 Å². The lowest BCUT2D eigenvalue weighted by molar-refractivity contribution is 0.439. The van der Waals surface area contributed by atoms with Crippen LogP contribution in [0.3, 0.4) is 0 Å². The Kier molecular flexibility index (Phi) is 2.97. The first-order valence-electron chi connectivity index (χ1n) is 6.45. The van der Waals surface area contributed by atoms with Gasteiger partial charge >= 0.3 is 0 Å². The van der Waals surface area contributed by atoms with Gasteiger partial charge in [-0.15, -0.1) is 0 Å². The van der Waals surface area contributed by atoms with Gasteiger partial charge < -0.3 is 5.32 Å². The summed E-state index contributed by atoms with van der Waals surface area (Å²) in [5.74, 6) is -1.32. The van der Waals surface area contributed by atoms with Crippen LogP contribution in [0.4, 0.5) is 14.5 Å². The lowest BCUT2D eigenvalue weighted by Crippen LogP contribution is -2.27. The average molecular weight is 259 g/mol. The SMILES string of the molecule is CC1Cc2ccccc2NC1c1cccc(F)c1F. The summed E-state index contributed by atoms with van der Waals surface area (Å²) in [5, 5.41) is 3.32. The Bertz CT molecular complexity index is 609. The van der Waals surface area contributed by atoms with Gasteiger partial charge in [-0.3, -0.25) is 0 Å². The van der Waals surface area contributed by atoms with Crippen LogP contribution >= 0.6 is 0 Å². The van der Waals surface area contributed by atoms with Crippen LogP contribution < -0.4 is 5.32 Å². The second-order valence-corrected chi connectivity index (χ2v) is 5.10. The first-order chi connectivity index (χ1) is 9.16. The fourth-order valence-electron chi connectivity index (χ4n) is 2.76. The van der Waals surface area contributed by atoms with E-state index in [9.17, 15) is 8.78 Å². The maximum Gasteiger partial charge on any atom is 0.164 e. The molecular formula is C16H15F2N. The number of halogens is 2. The van der Waals surface area contributed by atoms with Crippen molar-refractivity contribution in [3.63, 3.8) is 0 Å². The molecule has 98 valence electrons. The molecule has 0 spiro atoms. The van der Waals surface area contributed by atoms with Gasteiger partial charge in [0.1, 0.15) is 0 Å². The fourth-order valence-corrected chi connectivity index (χ4v) is 2.76. The summed E-state index contributed by atoms with van der Waals surface area (Å²) in [6.07, 6.45) is 0.865. The zero-order valence-electron chi connectivity index (χ0n) is 10.7. The second-order valence-electron chi connectivity index (χ2n) is 5.10. The number of hydrogen-bond acceptors (Lipinski definition) is 1. The van der Waals surface area contributed by atoms with E-state index in [4.69, 9.17) is 0 Å². The average Bonchev–Trinajstić information content (AvgIpc) is 2.41. The van der Waals surface area contributed by atoms with E-state index in [-0.39, 0.29) is 12.0 Å². The summed E-state index contributed by atoms with van der Waals surface area (Å²) in [7, 11) is 0. The maximum absolute atomic E-state index is 13.9. The lowest BCUT2D eigenvalue weighted by atomic mass is 9.84. The molecule has 3 rings (SSSR count). The standard InChI is InChI=1S/C16H15F2N/c1-10-9-11-5-2-3-8-14(11)19-16(10)12-6-4-7-13(17)15(12)18/h2-8,10,16,19H,9H2,1H3. The monoisotopic (exact) mass is 259 g/mol. The van der Waals surface area contributed by atoms with Crippen molar-refractivity contribution in [3.05, 3.63) is 65.2 Å². The van der Waals surface area contributed by atoms with Gasteiger partial charge in [-0.1, -0.05) is 37.3 Å². The molecule has 0 fully saturated rings. The Hall–Kier alpha value is -1.90. The molecule has 0 saturated carbocycles. The van der Waals surface area contributed by atoms with E-state index in [0.717, 1.165) is 18.2 Å². The van der Waals surface area contributed by atoms with Gasteiger partial charge in [-0.05, 0) is 30.0 Å². The van der Waals surface area contributed by atoms with Crippen LogP contribution in [-0.2, 0) is 6.42 Å². The molecule has 2 aromatic rings. The molecule has 1 nitrogen and oxygen atoms in total. The van der Waals surface area contributed by atoms with E-state index in [1.54, 1.807) is 12.1 Å². The minimum absolute atomic E-state index is 0.189. The Morgan fingerprint density at radius 2 is 1.84 bits per heavy atom. The van der Waals surface area contributed by atoms with Crippen molar-refractivity contribution in [2.45, 2.75) is 19.4 Å². The van der Waals surface area contributed by atoms with Crippen LogP contribution in [0.25, 0.3) is 0 Å². The minimum atomic E-state index is -0.787. The van der Waals surface area contributed by atoms with Gasteiger partial charge in [0.15, 0.2) is 11.6 Å². The topological polar surface area (TPSA) is 12.0 Å². The van der Waals surface area contributed by atoms with Gasteiger partial charge in [0, 0.05) is 11.3 Å². The number of nitrogens with one attached hydrogen (secondary N) is 1. The highest BCUT2D eigenvalue weighted by Gasteiger charge is 2.28. The molecule has 0 aliphatic carbocycles. The number of para-hydroxylation sites is 1. The van der Waals surface area contributed by atoms with E-state index in [1.165, 1.54) is 5.56 Å². The number of fused-ring (bicyclic) bond motifs is 1. The van der Waals surface area contributed by atoms with Gasteiger partial charge in [-0.25, -0.2) is 8.78 Å². The van der Waals surface area contributed by atoms with Crippen molar-refractivity contribution >= 4 is 5.69 Å². The van der Waals surface area contributed by atoms with Crippen molar-refractivity contribution in [3.8, 4) is 0 Å². The number of benzene rings is 2. The highest BCUT2D eigenvalue weighted by Crippen LogP contribution is 2.37. The Labute approximate surface area is 111 Å². The smallest absolute Gasteiger partial charge is 0.164 e. The van der Waals surface area contributed by atoms with Crippen LogP contribution in [0, 0.1) is 17.6 Å². The Morgan fingerprint density at radius 3 is 2.68 bits per heavy atom. The maximum atomic E-state index is 13.9. The minimum Gasteiger partial charge on any atom is -0.378 e. The van der Waals surface area contributed by atoms with E-state index in [1.807, 2.05) is 18.2 Å². The highest BCUT2D eigenvalue weighted by atomic mass is 19.2. The number of anilines is 1. The highest BCUT2D eigenvalue weighted by molar-refractivity contribution is 5.55. The first kappa shape index (κ1) is 12.2. The van der Waals surface area contributed by atoms with Crippen LogP contribution in [0.2, 0.25) is 0 Å². The zero-order valence-corrected chi connectivity index (χ0v) is 10.7. The molecule has 1 aliphatic rings. The van der Waals surface area contributed by atoms with Crippen molar-refractivity contribution in [2.24, 2.45) is 5.92 Å². The van der Waals surface area contributed by atoms with E-state index in [2.05, 4.69) is 18.3 Å². The molecular weight excluding hydrogens is 244 g/mol. The molecule has 0 saturated heterocycles. The summed E-state index contributed by atoms with van der Waals surface area (Å²) >= 11 is 0. The quantitative estimate of drug-likeness (QED) is 0.804. The third-order valence-electron chi connectivity index (χ3n) is 3.76. The number of hydrogen-bond donors (Lipinski definition) is 1. The molecule has 0 amide bonds. The predicted molar refractivity (Wildman–Crippen MR) is 72.0 cm³/mol. The zero-order chi connectivity index (χ0) is 13.4. The third kappa shape index (κ3) is 2.09. The predicted octanol–water partition coefficient (Wildman–Crippen LogP) is 4.31. The molecule has 0 aromatic heterocycles. The normalized spacial score (nSPS) is 21.6. The molecule has 1 aliphatic heterocycles. The molecule has 2 aromatic carbocycles. The van der Waals surface area contributed by atoms with Crippen LogP contribution in [-0.4, -0.2) is 0 Å². The van der Waals surface area contributed by atoms with E-state index in [0.29, 0.717) is 5.56 Å². The third-order valence-corrected chi connectivity index (χ3v) is 3.76. The largest absolute Gasteiger partial charge is 0.378 e. The van der Waals surface area contributed by atoms with E-state index < -0.39 is 11.6 Å². The van der Waals surface area contributed by atoms with Crippen LogP contribution in [0.15, 0.2) is 42.5 Å². The van der Waals surface area contributed by atoms with Gasteiger partial charge in [0.05, 0.1) is 6.04 Å². The first-order valence-corrected chi connectivity index (χ1v) is 6.45. The van der Waals surface area contributed by atoms with Crippen molar-refractivity contribution in [2.75, 3.05) is 5.32 Å². The molecule has 2 unspecified atom stereocenters. The van der Waals surface area contributed by atoms with Gasteiger partial charge in [0.2, 0.25) is 0 Å². The van der Waals surface area contributed by atoms with Crippen molar-refractivity contribution in [1.82, 2.24) is 0 Å². The summed E-state index contributed by atoms with van der Waals surface area (Å²) in [6, 6.07) is 12.2. The molecule has 1 N–H and O–H groups in total. The fraction of sp³-hybridized carbons (Fsp3) is 0.250. The van der Waals surface area contributed by atoms with Crippen LogP contribution in [0.1, 0.15) is 24.1 Å². The molecule has 2 atom stereocenters. The summed E-state index contributed by atoms with van der Waals surface area (Å²) in [5.41, 5.74) is 2.64. The second kappa shape index (κ2) is 4.65. The van der Waals surface area contributed by atoms with Crippen LogP contribution in [0.5, 0.6) is 0 Å². The summed E-state index contributed by atoms with van der Waals surface area (Å²) in [6.45, 7) is 2.05. The number of rotatable bonds is 1. The molecule has 0 bridgehead atoms. The Morgan fingerprint density at radius 1 is 1.05 bits per heavy atom. The summed E-state index contributed by atoms with van der Waals surface area (Å²) < 4.78 is 27.3. The molecule has 1 heterocycles. The molecule has 19 heavy (non-hydrogen) atoms.